The number of hydrogen-bond acceptors (Lipinski definition) is 3. The van der Waals surface area contributed by atoms with E-state index in [0.29, 0.717) is 30.0 Å². The van der Waals surface area contributed by atoms with Crippen LogP contribution in [0.25, 0.3) is 0 Å². The summed E-state index contributed by atoms with van der Waals surface area (Å²) < 4.78 is 5.68. The molecule has 1 amide bonds. The van der Waals surface area contributed by atoms with Crippen molar-refractivity contribution in [3.05, 3.63) is 29.3 Å². The number of halogens is 1. The molecule has 4 nitrogen and oxygen atoms in total. The standard InChI is InChI=1S/C18H27ClN2O2/c1-14(18(22)20-15-8-4-3-5-9-15)21(2)12-13-23-17-11-7-6-10-16(17)19/h6-7,10-11,14-15H,3-5,8-9,12-13H2,1-2H3,(H,20,22). The van der Waals surface area contributed by atoms with Gasteiger partial charge in [0.05, 0.1) is 11.1 Å². The minimum atomic E-state index is -0.160. The van der Waals surface area contributed by atoms with Crippen LogP contribution >= 0.6 is 11.6 Å². The zero-order valence-electron chi connectivity index (χ0n) is 14.1. The molecule has 2 rings (SSSR count). The van der Waals surface area contributed by atoms with Crippen molar-refractivity contribution in [1.82, 2.24) is 10.2 Å². The van der Waals surface area contributed by atoms with E-state index in [0.717, 1.165) is 12.8 Å². The molecule has 0 bridgehead atoms. The van der Waals surface area contributed by atoms with E-state index in [1.165, 1.54) is 19.3 Å². The van der Waals surface area contributed by atoms with E-state index in [2.05, 4.69) is 5.32 Å². The van der Waals surface area contributed by atoms with Gasteiger partial charge in [-0.1, -0.05) is 43.0 Å². The van der Waals surface area contributed by atoms with Gasteiger partial charge in [0.1, 0.15) is 12.4 Å². The van der Waals surface area contributed by atoms with Crippen LogP contribution in [0, 0.1) is 0 Å². The van der Waals surface area contributed by atoms with Gasteiger partial charge in [0.2, 0.25) is 5.91 Å². The fourth-order valence-electron chi connectivity index (χ4n) is 2.82. The topological polar surface area (TPSA) is 41.6 Å². The molecule has 0 aliphatic heterocycles. The first kappa shape index (κ1) is 18.1. The van der Waals surface area contributed by atoms with Crippen LogP contribution in [-0.4, -0.2) is 43.1 Å². The van der Waals surface area contributed by atoms with Crippen molar-refractivity contribution in [1.29, 1.82) is 0 Å². The van der Waals surface area contributed by atoms with E-state index in [1.54, 1.807) is 6.07 Å². The van der Waals surface area contributed by atoms with Gasteiger partial charge in [0, 0.05) is 12.6 Å². The zero-order valence-corrected chi connectivity index (χ0v) is 14.8. The molecule has 1 aliphatic rings. The van der Waals surface area contributed by atoms with Gasteiger partial charge in [-0.25, -0.2) is 0 Å². The van der Waals surface area contributed by atoms with Crippen LogP contribution in [0.2, 0.25) is 5.02 Å². The van der Waals surface area contributed by atoms with Crippen molar-refractivity contribution in [2.24, 2.45) is 0 Å². The first-order valence-corrected chi connectivity index (χ1v) is 8.83. The molecular weight excluding hydrogens is 312 g/mol. The quantitative estimate of drug-likeness (QED) is 0.827. The van der Waals surface area contributed by atoms with Crippen LogP contribution in [0.4, 0.5) is 0 Å². The maximum Gasteiger partial charge on any atom is 0.237 e. The largest absolute Gasteiger partial charge is 0.491 e. The number of rotatable bonds is 7. The number of para-hydroxylation sites is 1. The zero-order chi connectivity index (χ0) is 16.7. The Labute approximate surface area is 144 Å². The number of carbonyl (C=O) groups excluding carboxylic acids is 1. The van der Waals surface area contributed by atoms with Gasteiger partial charge in [0.15, 0.2) is 0 Å². The van der Waals surface area contributed by atoms with Crippen LogP contribution in [0.3, 0.4) is 0 Å². The number of carbonyl (C=O) groups is 1. The fourth-order valence-corrected chi connectivity index (χ4v) is 3.01. The van der Waals surface area contributed by atoms with Crippen LogP contribution in [-0.2, 0) is 4.79 Å². The lowest BCUT2D eigenvalue weighted by Gasteiger charge is -2.28. The average molecular weight is 339 g/mol. The lowest BCUT2D eigenvalue weighted by atomic mass is 9.95. The third-order valence-corrected chi connectivity index (χ3v) is 4.84. The summed E-state index contributed by atoms with van der Waals surface area (Å²) in [5, 5.41) is 3.78. The number of benzene rings is 1. The minimum absolute atomic E-state index is 0.108. The van der Waals surface area contributed by atoms with E-state index in [-0.39, 0.29) is 11.9 Å². The summed E-state index contributed by atoms with van der Waals surface area (Å²) in [6, 6.07) is 7.62. The first-order valence-electron chi connectivity index (χ1n) is 8.46. The van der Waals surface area contributed by atoms with Gasteiger partial charge in [-0.05, 0) is 38.9 Å². The van der Waals surface area contributed by atoms with Crippen LogP contribution in [0.5, 0.6) is 5.75 Å². The number of nitrogens with zero attached hydrogens (tertiary/aromatic N) is 1. The Morgan fingerprint density at radius 3 is 2.74 bits per heavy atom. The molecule has 1 N–H and O–H groups in total. The Bertz CT molecular complexity index is 504. The highest BCUT2D eigenvalue weighted by Gasteiger charge is 2.22. The monoisotopic (exact) mass is 338 g/mol. The Kier molecular flexibility index (Phi) is 7.18. The molecule has 5 heteroatoms. The SMILES string of the molecule is CC(C(=O)NC1CCCCC1)N(C)CCOc1ccccc1Cl. The van der Waals surface area contributed by atoms with Gasteiger partial charge in [-0.3, -0.25) is 9.69 Å². The summed E-state index contributed by atoms with van der Waals surface area (Å²) in [4.78, 5) is 14.3. The number of hydrogen-bond donors (Lipinski definition) is 1. The molecule has 1 aromatic carbocycles. The number of nitrogens with one attached hydrogen (secondary N) is 1. The molecular formula is C18H27ClN2O2. The maximum absolute atomic E-state index is 12.3. The molecule has 1 atom stereocenters. The summed E-state index contributed by atoms with van der Waals surface area (Å²) in [6.07, 6.45) is 5.96. The normalized spacial score (nSPS) is 17.0. The Morgan fingerprint density at radius 2 is 2.04 bits per heavy atom. The van der Waals surface area contributed by atoms with Gasteiger partial charge in [0.25, 0.3) is 0 Å². The predicted molar refractivity (Wildman–Crippen MR) is 94.1 cm³/mol. The molecule has 1 unspecified atom stereocenters. The molecule has 0 radical (unpaired) electrons. The van der Waals surface area contributed by atoms with Crippen molar-refractivity contribution in [2.75, 3.05) is 20.2 Å². The van der Waals surface area contributed by atoms with Gasteiger partial charge >= 0.3 is 0 Å². The van der Waals surface area contributed by atoms with Gasteiger partial charge in [-0.15, -0.1) is 0 Å². The minimum Gasteiger partial charge on any atom is -0.491 e. The number of ether oxygens (including phenoxy) is 1. The second-order valence-electron chi connectivity index (χ2n) is 6.28. The lowest BCUT2D eigenvalue weighted by molar-refractivity contribution is -0.126. The number of amides is 1. The van der Waals surface area contributed by atoms with Crippen LogP contribution < -0.4 is 10.1 Å². The van der Waals surface area contributed by atoms with E-state index >= 15 is 0 Å². The highest BCUT2D eigenvalue weighted by Crippen LogP contribution is 2.23. The second-order valence-corrected chi connectivity index (χ2v) is 6.69. The van der Waals surface area contributed by atoms with Gasteiger partial charge < -0.3 is 10.1 Å². The molecule has 1 fully saturated rings. The Hall–Kier alpha value is -1.26. The molecule has 0 saturated heterocycles. The predicted octanol–water partition coefficient (Wildman–Crippen LogP) is 3.49. The molecule has 0 heterocycles. The summed E-state index contributed by atoms with van der Waals surface area (Å²) >= 11 is 6.06. The average Bonchev–Trinajstić information content (AvgIpc) is 2.56. The molecule has 128 valence electrons. The maximum atomic E-state index is 12.3. The molecule has 1 aliphatic carbocycles. The third kappa shape index (κ3) is 5.70. The third-order valence-electron chi connectivity index (χ3n) is 4.53. The number of likely N-dealkylation sites (N-methyl/N-ethyl adjacent to an activating group) is 1. The second kappa shape index (κ2) is 9.14. The summed E-state index contributed by atoms with van der Waals surface area (Å²) in [5.74, 6) is 0.791. The van der Waals surface area contributed by atoms with Crippen molar-refractivity contribution >= 4 is 17.5 Å². The highest BCUT2D eigenvalue weighted by atomic mass is 35.5. The van der Waals surface area contributed by atoms with Crippen molar-refractivity contribution in [3.8, 4) is 5.75 Å². The van der Waals surface area contributed by atoms with Crippen LogP contribution in [0.15, 0.2) is 24.3 Å². The van der Waals surface area contributed by atoms with Crippen molar-refractivity contribution < 1.29 is 9.53 Å². The van der Waals surface area contributed by atoms with Crippen LogP contribution in [0.1, 0.15) is 39.0 Å². The van der Waals surface area contributed by atoms with Crippen molar-refractivity contribution in [2.45, 2.75) is 51.1 Å². The smallest absolute Gasteiger partial charge is 0.237 e. The summed E-state index contributed by atoms with van der Waals surface area (Å²) in [7, 11) is 1.95. The summed E-state index contributed by atoms with van der Waals surface area (Å²) in [6.45, 7) is 3.11. The molecule has 0 aromatic heterocycles. The Morgan fingerprint density at radius 1 is 1.35 bits per heavy atom. The Balaban J connectivity index is 1.72. The molecule has 1 saturated carbocycles. The van der Waals surface area contributed by atoms with E-state index in [1.807, 2.05) is 37.1 Å². The van der Waals surface area contributed by atoms with E-state index in [9.17, 15) is 4.79 Å². The van der Waals surface area contributed by atoms with E-state index < -0.39 is 0 Å². The lowest BCUT2D eigenvalue weighted by Crippen LogP contribution is -2.48. The fraction of sp³-hybridized carbons (Fsp3) is 0.611. The first-order chi connectivity index (χ1) is 11.1. The molecule has 23 heavy (non-hydrogen) atoms. The summed E-state index contributed by atoms with van der Waals surface area (Å²) in [5.41, 5.74) is 0. The van der Waals surface area contributed by atoms with Crippen molar-refractivity contribution in [3.63, 3.8) is 0 Å². The highest BCUT2D eigenvalue weighted by molar-refractivity contribution is 6.32. The molecule has 1 aromatic rings. The van der Waals surface area contributed by atoms with Gasteiger partial charge in [-0.2, -0.15) is 0 Å². The molecule has 0 spiro atoms. The van der Waals surface area contributed by atoms with E-state index in [4.69, 9.17) is 16.3 Å².